The molecule has 0 aliphatic carbocycles. The summed E-state index contributed by atoms with van der Waals surface area (Å²) in [6.45, 7) is 6.48. The van der Waals surface area contributed by atoms with E-state index in [0.29, 0.717) is 19.3 Å². The van der Waals surface area contributed by atoms with Crippen molar-refractivity contribution < 1.29 is 28.6 Å². The zero-order valence-electron chi connectivity index (χ0n) is 47.2. The molecule has 0 saturated heterocycles. The van der Waals surface area contributed by atoms with Crippen LogP contribution in [0, 0.1) is 0 Å². The Kier molecular flexibility index (Phi) is 57.2. The van der Waals surface area contributed by atoms with E-state index in [1.165, 1.54) is 154 Å². The molecule has 0 radical (unpaired) electrons. The molecule has 0 aromatic carbocycles. The summed E-state index contributed by atoms with van der Waals surface area (Å²) in [7, 11) is 0. The Morgan fingerprint density at radius 3 is 0.915 bits per heavy atom. The van der Waals surface area contributed by atoms with E-state index in [1.807, 2.05) is 0 Å². The van der Waals surface area contributed by atoms with E-state index in [4.69, 9.17) is 14.2 Å². The van der Waals surface area contributed by atoms with E-state index in [1.54, 1.807) is 0 Å². The van der Waals surface area contributed by atoms with Gasteiger partial charge in [0.25, 0.3) is 0 Å². The fourth-order valence-corrected chi connectivity index (χ4v) is 8.91. The lowest BCUT2D eigenvalue weighted by atomic mass is 10.0. The molecule has 1 unspecified atom stereocenters. The molecule has 412 valence electrons. The Morgan fingerprint density at radius 2 is 0.577 bits per heavy atom. The molecule has 6 nitrogen and oxygen atoms in total. The third kappa shape index (κ3) is 57.9. The molecular formula is C65H116O6. The molecule has 0 aliphatic heterocycles. The number of carbonyl (C=O) groups excluding carboxylic acids is 3. The lowest BCUT2D eigenvalue weighted by molar-refractivity contribution is -0.167. The molecule has 0 N–H and O–H groups in total. The van der Waals surface area contributed by atoms with Crippen molar-refractivity contribution in [1.29, 1.82) is 0 Å². The van der Waals surface area contributed by atoms with Gasteiger partial charge in [-0.15, -0.1) is 0 Å². The highest BCUT2D eigenvalue weighted by molar-refractivity contribution is 5.71. The molecule has 0 aliphatic rings. The summed E-state index contributed by atoms with van der Waals surface area (Å²) in [4.78, 5) is 38.2. The highest BCUT2D eigenvalue weighted by atomic mass is 16.6. The first-order chi connectivity index (χ1) is 35.0. The molecular weight excluding hydrogens is 877 g/mol. The molecule has 0 aromatic heterocycles. The number of carbonyl (C=O) groups is 3. The van der Waals surface area contributed by atoms with Crippen molar-refractivity contribution in [1.82, 2.24) is 0 Å². The molecule has 0 aromatic rings. The monoisotopic (exact) mass is 993 g/mol. The van der Waals surface area contributed by atoms with Crippen molar-refractivity contribution >= 4 is 17.9 Å². The van der Waals surface area contributed by atoms with Crippen LogP contribution in [0.15, 0.2) is 60.8 Å². The Labute approximate surface area is 440 Å². The summed E-state index contributed by atoms with van der Waals surface area (Å²) in [5, 5.41) is 0. The zero-order valence-corrected chi connectivity index (χ0v) is 47.2. The molecule has 1 atom stereocenters. The summed E-state index contributed by atoms with van der Waals surface area (Å²) in [5.74, 6) is -0.902. The highest BCUT2D eigenvalue weighted by Gasteiger charge is 2.19. The van der Waals surface area contributed by atoms with Crippen molar-refractivity contribution in [2.45, 2.75) is 322 Å². The smallest absolute Gasteiger partial charge is 0.306 e. The number of rotatable bonds is 56. The standard InChI is InChI=1S/C65H116O6/c1-4-7-10-13-16-19-22-25-27-28-29-30-31-32-33-34-35-36-38-40-43-46-49-52-55-58-64(67)70-61-62(60-69-63(66)57-54-51-48-45-42-39-24-21-18-15-12-9-6-3)71-65(68)59-56-53-50-47-44-41-37-26-23-20-17-14-11-8-5-2/h8,11-12,15,17,20-21,24,26,37,62H,4-7,9-10,13-14,16,18-19,22-23,25,27-36,38-61H2,1-3H3/b11-8-,15-12-,20-17-,24-21-,37-26-. The Hall–Kier alpha value is -2.89. The third-order valence-electron chi connectivity index (χ3n) is 13.5. The maximum atomic E-state index is 12.9. The van der Waals surface area contributed by atoms with Gasteiger partial charge in [0.05, 0.1) is 0 Å². The van der Waals surface area contributed by atoms with Gasteiger partial charge in [-0.1, -0.05) is 281 Å². The van der Waals surface area contributed by atoms with E-state index in [2.05, 4.69) is 81.5 Å². The normalized spacial score (nSPS) is 12.4. The number of hydrogen-bond donors (Lipinski definition) is 0. The van der Waals surface area contributed by atoms with E-state index >= 15 is 0 Å². The predicted octanol–water partition coefficient (Wildman–Crippen LogP) is 20.8. The van der Waals surface area contributed by atoms with Crippen molar-refractivity contribution in [3.63, 3.8) is 0 Å². The van der Waals surface area contributed by atoms with Crippen molar-refractivity contribution in [3.05, 3.63) is 60.8 Å². The SMILES string of the molecule is CC/C=C\C/C=C\C/C=C\CCCCCCCC(=O)OC(COC(=O)CCCCCCC/C=C\C/C=C\CCC)COC(=O)CCCCCCCCCCCCCCCCCCCCCCCCCCC. The van der Waals surface area contributed by atoms with E-state index < -0.39 is 6.10 Å². The number of esters is 3. The van der Waals surface area contributed by atoms with Crippen molar-refractivity contribution in [3.8, 4) is 0 Å². The summed E-state index contributed by atoms with van der Waals surface area (Å²) in [6, 6.07) is 0. The topological polar surface area (TPSA) is 78.9 Å². The number of ether oxygens (including phenoxy) is 3. The third-order valence-corrected chi connectivity index (χ3v) is 13.5. The van der Waals surface area contributed by atoms with Crippen LogP contribution in [-0.4, -0.2) is 37.2 Å². The molecule has 0 saturated carbocycles. The van der Waals surface area contributed by atoms with Gasteiger partial charge in [0.1, 0.15) is 13.2 Å². The van der Waals surface area contributed by atoms with Crippen LogP contribution in [0.2, 0.25) is 0 Å². The van der Waals surface area contributed by atoms with E-state index in [9.17, 15) is 14.4 Å². The molecule has 0 rings (SSSR count). The molecule has 6 heteroatoms. The van der Waals surface area contributed by atoms with E-state index in [0.717, 1.165) is 122 Å². The zero-order chi connectivity index (χ0) is 51.4. The molecule has 0 fully saturated rings. The average molecular weight is 994 g/mol. The lowest BCUT2D eigenvalue weighted by Gasteiger charge is -2.18. The fourth-order valence-electron chi connectivity index (χ4n) is 8.91. The quantitative estimate of drug-likeness (QED) is 0.0261. The van der Waals surface area contributed by atoms with Gasteiger partial charge in [0.15, 0.2) is 6.10 Å². The van der Waals surface area contributed by atoms with Crippen LogP contribution in [0.5, 0.6) is 0 Å². The number of allylic oxidation sites excluding steroid dienone is 10. The summed E-state index contributed by atoms with van der Waals surface area (Å²) in [5.41, 5.74) is 0. The van der Waals surface area contributed by atoms with Crippen molar-refractivity contribution in [2.24, 2.45) is 0 Å². The van der Waals surface area contributed by atoms with Crippen LogP contribution in [-0.2, 0) is 28.6 Å². The number of unbranched alkanes of at least 4 members (excludes halogenated alkanes) is 35. The minimum absolute atomic E-state index is 0.0834. The first-order valence-corrected chi connectivity index (χ1v) is 30.8. The highest BCUT2D eigenvalue weighted by Crippen LogP contribution is 2.17. The molecule has 0 spiro atoms. The minimum atomic E-state index is -0.788. The Morgan fingerprint density at radius 1 is 0.296 bits per heavy atom. The van der Waals surface area contributed by atoms with Gasteiger partial charge in [-0.3, -0.25) is 14.4 Å². The van der Waals surface area contributed by atoms with E-state index in [-0.39, 0.29) is 31.1 Å². The second-order valence-electron chi connectivity index (χ2n) is 20.6. The summed E-state index contributed by atoms with van der Waals surface area (Å²) in [6.07, 6.45) is 75.2. The van der Waals surface area contributed by atoms with Crippen LogP contribution in [0.25, 0.3) is 0 Å². The second kappa shape index (κ2) is 59.7. The van der Waals surface area contributed by atoms with Gasteiger partial charge >= 0.3 is 17.9 Å². The first-order valence-electron chi connectivity index (χ1n) is 30.8. The van der Waals surface area contributed by atoms with Crippen LogP contribution in [0.3, 0.4) is 0 Å². The largest absolute Gasteiger partial charge is 0.462 e. The summed E-state index contributed by atoms with van der Waals surface area (Å²) >= 11 is 0. The van der Waals surface area contributed by atoms with Crippen molar-refractivity contribution in [2.75, 3.05) is 13.2 Å². The molecule has 71 heavy (non-hydrogen) atoms. The van der Waals surface area contributed by atoms with Gasteiger partial charge in [-0.2, -0.15) is 0 Å². The van der Waals surface area contributed by atoms with Crippen LogP contribution < -0.4 is 0 Å². The predicted molar refractivity (Wildman–Crippen MR) is 307 cm³/mol. The van der Waals surface area contributed by atoms with Gasteiger partial charge in [-0.25, -0.2) is 0 Å². The van der Waals surface area contributed by atoms with Gasteiger partial charge in [-0.05, 0) is 77.0 Å². The Bertz CT molecular complexity index is 1280. The Balaban J connectivity index is 4.25. The van der Waals surface area contributed by atoms with Gasteiger partial charge in [0, 0.05) is 19.3 Å². The second-order valence-corrected chi connectivity index (χ2v) is 20.6. The van der Waals surface area contributed by atoms with Gasteiger partial charge in [0.2, 0.25) is 0 Å². The molecule has 0 heterocycles. The number of hydrogen-bond acceptors (Lipinski definition) is 6. The minimum Gasteiger partial charge on any atom is -0.462 e. The lowest BCUT2D eigenvalue weighted by Crippen LogP contribution is -2.30. The average Bonchev–Trinajstić information content (AvgIpc) is 3.37. The van der Waals surface area contributed by atoms with Crippen LogP contribution in [0.4, 0.5) is 0 Å². The maximum Gasteiger partial charge on any atom is 0.306 e. The molecule has 0 bridgehead atoms. The van der Waals surface area contributed by atoms with Gasteiger partial charge < -0.3 is 14.2 Å². The molecule has 0 amide bonds. The maximum absolute atomic E-state index is 12.9. The van der Waals surface area contributed by atoms with Crippen LogP contribution in [0.1, 0.15) is 316 Å². The fraction of sp³-hybridized carbons (Fsp3) is 0.800. The van der Waals surface area contributed by atoms with Crippen LogP contribution >= 0.6 is 0 Å². The summed E-state index contributed by atoms with van der Waals surface area (Å²) < 4.78 is 16.9. The first kappa shape index (κ1) is 68.1.